The highest BCUT2D eigenvalue weighted by atomic mass is 32.2. The van der Waals surface area contributed by atoms with Crippen molar-refractivity contribution in [2.45, 2.75) is 29.0 Å². The number of likely N-dealkylation sites (N-methyl/N-ethyl adjacent to an activating group) is 1. The number of carbonyl (C=O) groups is 1. The number of benzene rings is 1. The van der Waals surface area contributed by atoms with Gasteiger partial charge in [-0.2, -0.15) is 0 Å². The van der Waals surface area contributed by atoms with Crippen molar-refractivity contribution in [1.82, 2.24) is 10.2 Å². The number of hydrogen-bond donors (Lipinski definition) is 1. The summed E-state index contributed by atoms with van der Waals surface area (Å²) in [4.78, 5) is 15.0. The molecular formula is C14H18N2O2S. The molecule has 1 amide bonds. The van der Waals surface area contributed by atoms with Crippen LogP contribution in [-0.4, -0.2) is 37.0 Å². The number of rotatable bonds is 1. The fourth-order valence-corrected chi connectivity index (χ4v) is 4.62. The Kier molecular flexibility index (Phi) is 2.98. The molecule has 0 unspecified atom stereocenters. The summed E-state index contributed by atoms with van der Waals surface area (Å²) in [6.45, 7) is 3.43. The fraction of sp³-hybridized carbons (Fsp3) is 0.500. The number of thioether (sulfide) groups is 1. The summed E-state index contributed by atoms with van der Waals surface area (Å²) in [7, 11) is 3.74. The summed E-state index contributed by atoms with van der Waals surface area (Å²) in [6.07, 6.45) is 0.730. The van der Waals surface area contributed by atoms with Crippen LogP contribution < -0.4 is 10.1 Å². The second kappa shape index (κ2) is 4.42. The van der Waals surface area contributed by atoms with E-state index in [1.54, 1.807) is 7.05 Å². The molecule has 1 aromatic rings. The van der Waals surface area contributed by atoms with Crippen LogP contribution >= 0.6 is 11.8 Å². The van der Waals surface area contributed by atoms with Crippen molar-refractivity contribution >= 4 is 17.9 Å². The second-order valence-electron chi connectivity index (χ2n) is 5.42. The van der Waals surface area contributed by atoms with E-state index in [9.17, 15) is 4.79 Å². The lowest BCUT2D eigenvalue weighted by atomic mass is 9.82. The first-order valence-electron chi connectivity index (χ1n) is 6.45. The summed E-state index contributed by atoms with van der Waals surface area (Å²) in [5, 5.41) is 2.97. The molecule has 0 aliphatic carbocycles. The zero-order valence-electron chi connectivity index (χ0n) is 11.4. The van der Waals surface area contributed by atoms with Crippen LogP contribution in [0.4, 0.5) is 4.79 Å². The van der Waals surface area contributed by atoms with Gasteiger partial charge < -0.3 is 10.1 Å². The van der Waals surface area contributed by atoms with Crippen LogP contribution in [0.2, 0.25) is 0 Å². The third-order valence-electron chi connectivity index (χ3n) is 4.15. The van der Waals surface area contributed by atoms with Crippen molar-refractivity contribution in [3.8, 4) is 5.75 Å². The van der Waals surface area contributed by atoms with E-state index in [-0.39, 0.29) is 5.41 Å². The molecule has 2 aliphatic heterocycles. The van der Waals surface area contributed by atoms with Crippen LogP contribution in [0.1, 0.15) is 18.9 Å². The molecule has 1 fully saturated rings. The van der Waals surface area contributed by atoms with Crippen LogP contribution in [0.5, 0.6) is 5.75 Å². The highest BCUT2D eigenvalue weighted by molar-refractivity contribution is 8.00. The van der Waals surface area contributed by atoms with Gasteiger partial charge in [-0.1, -0.05) is 6.92 Å². The predicted octanol–water partition coefficient (Wildman–Crippen LogP) is 2.43. The molecule has 0 bridgehead atoms. The van der Waals surface area contributed by atoms with E-state index in [1.165, 1.54) is 10.5 Å². The van der Waals surface area contributed by atoms with Gasteiger partial charge in [0, 0.05) is 17.4 Å². The maximum Gasteiger partial charge on any atom is 0.412 e. The molecule has 5 heteroatoms. The highest BCUT2D eigenvalue weighted by Gasteiger charge is 2.50. The average Bonchev–Trinajstić information content (AvgIpc) is 2.84. The van der Waals surface area contributed by atoms with E-state index in [1.807, 2.05) is 23.9 Å². The molecule has 1 saturated heterocycles. The van der Waals surface area contributed by atoms with Gasteiger partial charge in [-0.25, -0.2) is 4.79 Å². The van der Waals surface area contributed by atoms with Crippen LogP contribution in [0.15, 0.2) is 23.1 Å². The first-order valence-corrected chi connectivity index (χ1v) is 7.33. The van der Waals surface area contributed by atoms with Gasteiger partial charge >= 0.3 is 6.09 Å². The van der Waals surface area contributed by atoms with Gasteiger partial charge in [0.2, 0.25) is 0 Å². The molecule has 2 atom stereocenters. The third-order valence-corrected chi connectivity index (χ3v) is 5.86. The zero-order chi connectivity index (χ0) is 13.6. The van der Waals surface area contributed by atoms with E-state index in [0.29, 0.717) is 11.1 Å². The molecule has 2 aliphatic rings. The summed E-state index contributed by atoms with van der Waals surface area (Å²) in [5.74, 6) is 0.620. The minimum absolute atomic E-state index is 0.164. The van der Waals surface area contributed by atoms with E-state index in [0.717, 1.165) is 13.0 Å². The topological polar surface area (TPSA) is 41.6 Å². The van der Waals surface area contributed by atoms with Gasteiger partial charge in [0.1, 0.15) is 5.75 Å². The molecule has 0 spiro atoms. The Balaban J connectivity index is 1.94. The molecule has 19 heavy (non-hydrogen) atoms. The molecule has 1 aromatic carbocycles. The van der Waals surface area contributed by atoms with Crippen molar-refractivity contribution < 1.29 is 9.53 Å². The van der Waals surface area contributed by atoms with Gasteiger partial charge in [0.15, 0.2) is 0 Å². The number of fused-ring (bicyclic) bond motifs is 3. The minimum Gasteiger partial charge on any atom is -0.410 e. The maximum absolute atomic E-state index is 11.3. The number of carbonyl (C=O) groups excluding carboxylic acids is 1. The Hall–Kier alpha value is -1.20. The van der Waals surface area contributed by atoms with Crippen LogP contribution in [0.25, 0.3) is 0 Å². The predicted molar refractivity (Wildman–Crippen MR) is 75.8 cm³/mol. The summed E-state index contributed by atoms with van der Waals surface area (Å²) >= 11 is 1.92. The molecule has 102 valence electrons. The lowest BCUT2D eigenvalue weighted by Crippen LogP contribution is -2.32. The molecule has 0 aromatic heterocycles. The first-order chi connectivity index (χ1) is 9.04. The summed E-state index contributed by atoms with van der Waals surface area (Å²) in [5.41, 5.74) is 1.48. The number of amides is 1. The minimum atomic E-state index is -0.421. The highest BCUT2D eigenvalue weighted by Crippen LogP contribution is 2.55. The smallest absolute Gasteiger partial charge is 0.410 e. The van der Waals surface area contributed by atoms with E-state index < -0.39 is 6.09 Å². The first kappa shape index (κ1) is 12.8. The van der Waals surface area contributed by atoms with Crippen molar-refractivity contribution in [3.63, 3.8) is 0 Å². The quantitative estimate of drug-likeness (QED) is 0.856. The largest absolute Gasteiger partial charge is 0.412 e. The number of nitrogens with one attached hydrogen (secondary N) is 1. The normalized spacial score (nSPS) is 28.9. The molecule has 4 nitrogen and oxygen atoms in total. The molecule has 0 saturated carbocycles. The van der Waals surface area contributed by atoms with E-state index in [2.05, 4.69) is 30.3 Å². The Bertz CT molecular complexity index is 534. The number of nitrogens with zero attached hydrogens (tertiary/aromatic N) is 1. The Morgan fingerprint density at radius 1 is 1.58 bits per heavy atom. The third kappa shape index (κ3) is 1.92. The molecule has 1 N–H and O–H groups in total. The SMILES string of the molecule is CNC(=O)Oc1ccc2c(c1)[C@]1(C)CCN(C)[C@@H]1S2. The Labute approximate surface area is 117 Å². The summed E-state index contributed by atoms with van der Waals surface area (Å²) in [6, 6.07) is 5.96. The fourth-order valence-electron chi connectivity index (χ4n) is 3.02. The molecule has 2 heterocycles. The van der Waals surface area contributed by atoms with E-state index >= 15 is 0 Å². The van der Waals surface area contributed by atoms with E-state index in [4.69, 9.17) is 4.74 Å². The summed E-state index contributed by atoms with van der Waals surface area (Å²) < 4.78 is 5.24. The number of likely N-dealkylation sites (tertiary alicyclic amines) is 1. The molecule has 3 rings (SSSR count). The van der Waals surface area contributed by atoms with Crippen LogP contribution in [-0.2, 0) is 5.41 Å². The number of ether oxygens (including phenoxy) is 1. The van der Waals surface area contributed by atoms with Crippen molar-refractivity contribution in [3.05, 3.63) is 23.8 Å². The van der Waals surface area contributed by atoms with Crippen molar-refractivity contribution in [2.75, 3.05) is 20.6 Å². The Morgan fingerprint density at radius 2 is 2.37 bits per heavy atom. The van der Waals surface area contributed by atoms with Crippen LogP contribution in [0.3, 0.4) is 0 Å². The van der Waals surface area contributed by atoms with Crippen LogP contribution in [0, 0.1) is 0 Å². The monoisotopic (exact) mass is 278 g/mol. The molecule has 0 radical (unpaired) electrons. The van der Waals surface area contributed by atoms with Gasteiger partial charge in [-0.05, 0) is 43.8 Å². The lowest BCUT2D eigenvalue weighted by molar-refractivity contribution is 0.203. The number of hydrogen-bond acceptors (Lipinski definition) is 4. The molecular weight excluding hydrogens is 260 g/mol. The van der Waals surface area contributed by atoms with Gasteiger partial charge in [0.25, 0.3) is 0 Å². The van der Waals surface area contributed by atoms with Crippen molar-refractivity contribution in [1.29, 1.82) is 0 Å². The van der Waals surface area contributed by atoms with Crippen molar-refractivity contribution in [2.24, 2.45) is 0 Å². The standard InChI is InChI=1S/C14H18N2O2S/c1-14-6-7-16(3)12(14)19-11-5-4-9(8-10(11)14)18-13(17)15-2/h4-5,8,12H,6-7H2,1-3H3,(H,15,17)/t12-,14+/m1/s1. The van der Waals surface area contributed by atoms with Gasteiger partial charge in [-0.15, -0.1) is 11.8 Å². The lowest BCUT2D eigenvalue weighted by Gasteiger charge is -2.26. The maximum atomic E-state index is 11.3. The average molecular weight is 278 g/mol. The Morgan fingerprint density at radius 3 is 3.11 bits per heavy atom. The van der Waals surface area contributed by atoms with Gasteiger partial charge in [0.05, 0.1) is 5.37 Å². The zero-order valence-corrected chi connectivity index (χ0v) is 12.2. The second-order valence-corrected chi connectivity index (χ2v) is 6.54. The van der Waals surface area contributed by atoms with Gasteiger partial charge in [-0.3, -0.25) is 4.90 Å².